The lowest BCUT2D eigenvalue weighted by atomic mass is 9.35. The smallest absolute Gasteiger partial charge is 0.337 e. The highest BCUT2D eigenvalue weighted by Gasteiger charge is 2.69. The summed E-state index contributed by atoms with van der Waals surface area (Å²) >= 11 is 0. The van der Waals surface area contributed by atoms with Crippen LogP contribution in [0.3, 0.4) is 0 Å². The van der Waals surface area contributed by atoms with Gasteiger partial charge in [-0.15, -0.1) is 0 Å². The second-order valence-electron chi connectivity index (χ2n) is 12.9. The van der Waals surface area contributed by atoms with Crippen LogP contribution < -0.4 is 0 Å². The molecule has 0 radical (unpaired) electrons. The van der Waals surface area contributed by atoms with E-state index in [1.54, 1.807) is 6.92 Å². The Balaban J connectivity index is 1.60. The van der Waals surface area contributed by atoms with Crippen LogP contribution in [0.1, 0.15) is 99.3 Å². The van der Waals surface area contributed by atoms with Crippen molar-refractivity contribution in [3.05, 3.63) is 11.1 Å². The SMILES string of the molecule is CC[C@@]1(C)CCC[C@@]2(C)C1CC[C@]1(C)C2C[C@H](O)[C@]2(C)C3=C(CCC12)[C@@](C)(O)OC3=O. The van der Waals surface area contributed by atoms with Gasteiger partial charge in [0, 0.05) is 17.9 Å². The van der Waals surface area contributed by atoms with Crippen LogP contribution >= 0.6 is 0 Å². The van der Waals surface area contributed by atoms with Gasteiger partial charge in [0.25, 0.3) is 0 Å². The maximum atomic E-state index is 13.0. The average Bonchev–Trinajstić information content (AvgIpc) is 2.93. The van der Waals surface area contributed by atoms with Crippen LogP contribution in [-0.4, -0.2) is 28.1 Å². The third-order valence-corrected chi connectivity index (χ3v) is 11.7. The minimum absolute atomic E-state index is 0.0957. The second kappa shape index (κ2) is 6.38. The molecule has 31 heavy (non-hydrogen) atoms. The molecule has 0 spiro atoms. The summed E-state index contributed by atoms with van der Waals surface area (Å²) in [4.78, 5) is 13.0. The number of fused-ring (bicyclic) bond motifs is 6. The van der Waals surface area contributed by atoms with E-state index in [0.29, 0.717) is 34.8 Å². The maximum Gasteiger partial charge on any atom is 0.337 e. The number of hydrogen-bond donors (Lipinski definition) is 2. The van der Waals surface area contributed by atoms with E-state index in [0.717, 1.165) is 12.8 Å². The van der Waals surface area contributed by atoms with Gasteiger partial charge in [-0.3, -0.25) is 0 Å². The molecule has 3 unspecified atom stereocenters. The molecule has 2 N–H and O–H groups in total. The van der Waals surface area contributed by atoms with Gasteiger partial charge >= 0.3 is 5.97 Å². The molecule has 4 aliphatic carbocycles. The molecule has 0 aromatic heterocycles. The Kier molecular flexibility index (Phi) is 4.51. The van der Waals surface area contributed by atoms with E-state index in [2.05, 4.69) is 34.6 Å². The van der Waals surface area contributed by atoms with E-state index in [4.69, 9.17) is 4.74 Å². The third kappa shape index (κ3) is 2.53. The number of hydrogen-bond acceptors (Lipinski definition) is 4. The Morgan fingerprint density at radius 3 is 2.32 bits per heavy atom. The van der Waals surface area contributed by atoms with Gasteiger partial charge in [0.15, 0.2) is 0 Å². The number of ether oxygens (including phenoxy) is 1. The van der Waals surface area contributed by atoms with E-state index >= 15 is 0 Å². The van der Waals surface area contributed by atoms with Crippen LogP contribution in [0.25, 0.3) is 0 Å². The van der Waals surface area contributed by atoms with Crippen LogP contribution in [0.4, 0.5) is 0 Å². The summed E-state index contributed by atoms with van der Waals surface area (Å²) in [7, 11) is 0. The molecule has 4 heteroatoms. The fourth-order valence-corrected chi connectivity index (χ4v) is 10.1. The summed E-state index contributed by atoms with van der Waals surface area (Å²) in [6, 6.07) is 0. The Hall–Kier alpha value is -0.870. The zero-order valence-electron chi connectivity index (χ0n) is 20.4. The van der Waals surface area contributed by atoms with Crippen LogP contribution in [0, 0.1) is 39.4 Å². The van der Waals surface area contributed by atoms with Gasteiger partial charge in [-0.2, -0.15) is 0 Å². The number of aliphatic hydroxyl groups is 2. The number of carbonyl (C=O) groups excluding carboxylic acids is 1. The highest BCUT2D eigenvalue weighted by atomic mass is 16.7. The summed E-state index contributed by atoms with van der Waals surface area (Å²) < 4.78 is 5.41. The van der Waals surface area contributed by atoms with Gasteiger partial charge in [0.05, 0.1) is 11.7 Å². The first-order chi connectivity index (χ1) is 14.3. The summed E-state index contributed by atoms with van der Waals surface area (Å²) in [6.07, 6.45) is 9.31. The van der Waals surface area contributed by atoms with E-state index < -0.39 is 23.3 Å². The number of carbonyl (C=O) groups is 1. The number of cyclic esters (lactones) is 1. The van der Waals surface area contributed by atoms with Crippen LogP contribution in [0.5, 0.6) is 0 Å². The standard InChI is InChI=1S/C27H42O4/c1-7-23(2)12-8-13-24(3)17(23)11-14-25(4)18-10-9-16-21(22(29)31-27(16,6)30)26(18,5)20(28)15-19(24)25/h17-20,28,30H,7-15H2,1-6H3/t17?,18?,19?,20-,23-,24-,25-,26+,27-/m0/s1. The third-order valence-electron chi connectivity index (χ3n) is 11.7. The molecule has 174 valence electrons. The van der Waals surface area contributed by atoms with Crippen LogP contribution in [-0.2, 0) is 9.53 Å². The minimum atomic E-state index is -1.52. The van der Waals surface area contributed by atoms with Crippen LogP contribution in [0.15, 0.2) is 11.1 Å². The van der Waals surface area contributed by atoms with Crippen molar-refractivity contribution in [2.24, 2.45) is 39.4 Å². The fourth-order valence-electron chi connectivity index (χ4n) is 10.1. The van der Waals surface area contributed by atoms with Gasteiger partial charge in [-0.1, -0.05) is 47.5 Å². The van der Waals surface area contributed by atoms with Crippen molar-refractivity contribution >= 4 is 5.97 Å². The molecule has 0 aromatic rings. The minimum Gasteiger partial charge on any atom is -0.426 e. The van der Waals surface area contributed by atoms with Crippen molar-refractivity contribution in [1.29, 1.82) is 0 Å². The van der Waals surface area contributed by atoms with Crippen molar-refractivity contribution in [3.8, 4) is 0 Å². The van der Waals surface area contributed by atoms with Crippen molar-refractivity contribution < 1.29 is 19.7 Å². The van der Waals surface area contributed by atoms with Crippen molar-refractivity contribution in [1.82, 2.24) is 0 Å². The Labute approximate surface area is 187 Å². The second-order valence-corrected chi connectivity index (χ2v) is 12.9. The van der Waals surface area contributed by atoms with Gasteiger partial charge in [-0.05, 0) is 78.9 Å². The molecule has 9 atom stereocenters. The van der Waals surface area contributed by atoms with E-state index in [1.165, 1.54) is 38.5 Å². The highest BCUT2D eigenvalue weighted by Crippen LogP contribution is 2.74. The molecule has 3 saturated carbocycles. The van der Waals surface area contributed by atoms with Gasteiger partial charge in [-0.25, -0.2) is 4.79 Å². The topological polar surface area (TPSA) is 66.8 Å². The lowest BCUT2D eigenvalue weighted by Crippen LogP contribution is -2.65. The molecule has 1 heterocycles. The monoisotopic (exact) mass is 430 g/mol. The van der Waals surface area contributed by atoms with E-state index in [1.807, 2.05) is 0 Å². The molecule has 0 amide bonds. The zero-order chi connectivity index (χ0) is 22.6. The summed E-state index contributed by atoms with van der Waals surface area (Å²) in [5, 5.41) is 22.5. The first kappa shape index (κ1) is 21.9. The summed E-state index contributed by atoms with van der Waals surface area (Å²) in [5.41, 5.74) is 1.41. The number of rotatable bonds is 1. The Bertz CT molecular complexity index is 844. The molecular formula is C27H42O4. The quantitative estimate of drug-likeness (QED) is 0.549. The lowest BCUT2D eigenvalue weighted by Gasteiger charge is -2.70. The molecule has 0 saturated heterocycles. The van der Waals surface area contributed by atoms with E-state index in [9.17, 15) is 15.0 Å². The highest BCUT2D eigenvalue weighted by molar-refractivity contribution is 5.94. The van der Waals surface area contributed by atoms with Crippen LogP contribution in [0.2, 0.25) is 0 Å². The molecule has 5 rings (SSSR count). The summed E-state index contributed by atoms with van der Waals surface area (Å²) in [5.74, 6) is -0.513. The molecule has 3 fully saturated rings. The predicted octanol–water partition coefficient (Wildman–Crippen LogP) is 5.37. The molecule has 5 aliphatic rings. The molecule has 0 aromatic carbocycles. The van der Waals surface area contributed by atoms with Gasteiger partial charge < -0.3 is 14.9 Å². The molecule has 4 nitrogen and oxygen atoms in total. The number of aliphatic hydroxyl groups excluding tert-OH is 1. The Morgan fingerprint density at radius 1 is 0.968 bits per heavy atom. The summed E-state index contributed by atoms with van der Waals surface area (Å²) in [6.45, 7) is 13.5. The number of esters is 1. The lowest BCUT2D eigenvalue weighted by molar-refractivity contribution is -0.220. The molecule has 0 bridgehead atoms. The largest absolute Gasteiger partial charge is 0.426 e. The first-order valence-electron chi connectivity index (χ1n) is 12.7. The predicted molar refractivity (Wildman–Crippen MR) is 120 cm³/mol. The van der Waals surface area contributed by atoms with Crippen molar-refractivity contribution in [2.45, 2.75) is 111 Å². The average molecular weight is 431 g/mol. The normalized spacial score (nSPS) is 56.3. The maximum absolute atomic E-state index is 13.0. The van der Waals surface area contributed by atoms with Crippen molar-refractivity contribution in [3.63, 3.8) is 0 Å². The van der Waals surface area contributed by atoms with E-state index in [-0.39, 0.29) is 16.7 Å². The fraction of sp³-hybridized carbons (Fsp3) is 0.889. The Morgan fingerprint density at radius 2 is 1.65 bits per heavy atom. The van der Waals surface area contributed by atoms with Gasteiger partial charge in [0.1, 0.15) is 0 Å². The van der Waals surface area contributed by atoms with Gasteiger partial charge in [0.2, 0.25) is 5.79 Å². The molecular weight excluding hydrogens is 388 g/mol. The van der Waals surface area contributed by atoms with Crippen molar-refractivity contribution in [2.75, 3.05) is 0 Å². The molecule has 1 aliphatic heterocycles. The zero-order valence-corrected chi connectivity index (χ0v) is 20.4. The first-order valence-corrected chi connectivity index (χ1v) is 12.7.